The van der Waals surface area contributed by atoms with E-state index < -0.39 is 17.9 Å². The number of unbranched alkanes of at least 4 members (excludes halogenated alkanes) is 5. The predicted molar refractivity (Wildman–Crippen MR) is 65.9 cm³/mol. The molecule has 0 atom stereocenters. The molecule has 5 nitrogen and oxygen atoms in total. The summed E-state index contributed by atoms with van der Waals surface area (Å²) in [6.45, 7) is 3.20. The second-order valence-corrected chi connectivity index (χ2v) is 4.01. The Balaban J connectivity index is 3.30. The lowest BCUT2D eigenvalue weighted by molar-refractivity contribution is -0.156. The van der Waals surface area contributed by atoms with E-state index in [0.29, 0.717) is 12.8 Å². The molecule has 1 N–H and O–H groups in total. The quantitative estimate of drug-likeness (QED) is 0.281. The summed E-state index contributed by atoms with van der Waals surface area (Å²) in [5, 5.41) is 8.42. The highest BCUT2D eigenvalue weighted by atomic mass is 16.6. The van der Waals surface area contributed by atoms with Gasteiger partial charge in [-0.05, 0) is 12.8 Å². The lowest BCUT2D eigenvalue weighted by atomic mass is 10.1. The Hall–Kier alpha value is -1.65. The summed E-state index contributed by atoms with van der Waals surface area (Å²) in [6, 6.07) is 0. The molecule has 102 valence electrons. The van der Waals surface area contributed by atoms with Crippen molar-refractivity contribution in [1.82, 2.24) is 0 Å². The molecular weight excluding hydrogens is 236 g/mol. The van der Waals surface area contributed by atoms with Crippen LogP contribution in [0.2, 0.25) is 0 Å². The third kappa shape index (κ3) is 10.9. The van der Waals surface area contributed by atoms with Gasteiger partial charge in [0.2, 0.25) is 0 Å². The number of carbonyl (C=O) groups is 3. The normalized spacial score (nSPS) is 9.78. The first-order chi connectivity index (χ1) is 8.56. The maximum Gasteiger partial charge on any atom is 0.337 e. The summed E-state index contributed by atoms with van der Waals surface area (Å²) in [4.78, 5) is 32.0. The number of carboxylic acids is 1. The molecule has 0 unspecified atom stereocenters. The molecule has 0 saturated heterocycles. The van der Waals surface area contributed by atoms with Gasteiger partial charge in [-0.2, -0.15) is 0 Å². The fourth-order valence-corrected chi connectivity index (χ4v) is 1.46. The lowest BCUT2D eigenvalue weighted by Crippen LogP contribution is -2.09. The average molecular weight is 256 g/mol. The maximum absolute atomic E-state index is 11.1. The zero-order valence-corrected chi connectivity index (χ0v) is 10.5. The number of carboxylic acid groups (broad SMARTS) is 1. The Labute approximate surface area is 107 Å². The Bertz CT molecular complexity index is 296. The van der Waals surface area contributed by atoms with Gasteiger partial charge in [0.25, 0.3) is 0 Å². The van der Waals surface area contributed by atoms with E-state index in [-0.39, 0.29) is 12.8 Å². The van der Waals surface area contributed by atoms with Crippen LogP contribution in [0.4, 0.5) is 0 Å². The first-order valence-corrected chi connectivity index (χ1v) is 6.15. The van der Waals surface area contributed by atoms with Crippen molar-refractivity contribution in [3.05, 3.63) is 12.7 Å². The van der Waals surface area contributed by atoms with E-state index in [4.69, 9.17) is 5.11 Å². The van der Waals surface area contributed by atoms with Crippen LogP contribution < -0.4 is 0 Å². The molecule has 0 aliphatic rings. The highest BCUT2D eigenvalue weighted by Gasteiger charge is 2.06. The zero-order chi connectivity index (χ0) is 13.8. The summed E-state index contributed by atoms with van der Waals surface area (Å²) < 4.78 is 4.41. The molecule has 0 aromatic heterocycles. The van der Waals surface area contributed by atoms with Crippen molar-refractivity contribution in [2.75, 3.05) is 0 Å². The van der Waals surface area contributed by atoms with E-state index in [0.717, 1.165) is 31.8 Å². The largest absolute Gasteiger partial charge is 0.481 e. The van der Waals surface area contributed by atoms with Crippen LogP contribution in [-0.2, 0) is 19.1 Å². The van der Waals surface area contributed by atoms with Gasteiger partial charge in [-0.3, -0.25) is 9.59 Å². The van der Waals surface area contributed by atoms with E-state index in [1.165, 1.54) is 0 Å². The minimum atomic E-state index is -0.760. The van der Waals surface area contributed by atoms with Crippen LogP contribution in [0.1, 0.15) is 51.4 Å². The predicted octanol–water partition coefficient (Wildman–Crippen LogP) is 2.45. The minimum absolute atomic E-state index is 0.218. The minimum Gasteiger partial charge on any atom is -0.481 e. The number of ether oxygens (including phenoxy) is 1. The molecule has 0 fully saturated rings. The number of aliphatic carboxylic acids is 1. The number of hydrogen-bond acceptors (Lipinski definition) is 4. The molecule has 0 aliphatic heterocycles. The Morgan fingerprint density at radius 3 is 1.94 bits per heavy atom. The molecule has 0 rings (SSSR count). The van der Waals surface area contributed by atoms with Crippen LogP contribution in [0, 0.1) is 0 Å². The van der Waals surface area contributed by atoms with E-state index in [9.17, 15) is 14.4 Å². The van der Waals surface area contributed by atoms with Gasteiger partial charge in [0.15, 0.2) is 0 Å². The van der Waals surface area contributed by atoms with Gasteiger partial charge in [-0.15, -0.1) is 0 Å². The van der Waals surface area contributed by atoms with Crippen molar-refractivity contribution in [3.63, 3.8) is 0 Å². The van der Waals surface area contributed by atoms with Crippen LogP contribution in [0.25, 0.3) is 0 Å². The zero-order valence-electron chi connectivity index (χ0n) is 10.5. The SMILES string of the molecule is C=CC(=O)OC(=O)CCCCCCCCC(=O)O. The molecule has 0 aromatic carbocycles. The molecule has 0 spiro atoms. The number of rotatable bonds is 10. The van der Waals surface area contributed by atoms with Gasteiger partial charge in [0, 0.05) is 18.9 Å². The molecule has 0 bridgehead atoms. The Morgan fingerprint density at radius 1 is 0.944 bits per heavy atom. The first-order valence-electron chi connectivity index (χ1n) is 6.15. The third-order valence-electron chi connectivity index (χ3n) is 2.40. The van der Waals surface area contributed by atoms with Crippen molar-refractivity contribution < 1.29 is 24.2 Å². The van der Waals surface area contributed by atoms with Gasteiger partial charge >= 0.3 is 17.9 Å². The highest BCUT2D eigenvalue weighted by molar-refractivity contribution is 5.91. The van der Waals surface area contributed by atoms with Gasteiger partial charge < -0.3 is 9.84 Å². The number of esters is 2. The molecule has 0 heterocycles. The van der Waals surface area contributed by atoms with E-state index in [1.54, 1.807) is 0 Å². The summed E-state index contributed by atoms with van der Waals surface area (Å²) in [5.41, 5.74) is 0. The van der Waals surface area contributed by atoms with Crippen LogP contribution in [0.5, 0.6) is 0 Å². The van der Waals surface area contributed by atoms with Crippen LogP contribution in [0.3, 0.4) is 0 Å². The van der Waals surface area contributed by atoms with Gasteiger partial charge in [0.1, 0.15) is 0 Å². The van der Waals surface area contributed by atoms with Gasteiger partial charge in [0.05, 0.1) is 0 Å². The van der Waals surface area contributed by atoms with Crippen LogP contribution in [0.15, 0.2) is 12.7 Å². The molecule has 0 radical (unpaired) electrons. The molecule has 0 aliphatic carbocycles. The molecule has 0 saturated carbocycles. The number of carbonyl (C=O) groups excluding carboxylic acids is 2. The van der Waals surface area contributed by atoms with Gasteiger partial charge in [-0.25, -0.2) is 4.79 Å². The average Bonchev–Trinajstić information content (AvgIpc) is 2.31. The smallest absolute Gasteiger partial charge is 0.337 e. The summed E-state index contributed by atoms with van der Waals surface area (Å²) in [5.74, 6) is -2.00. The van der Waals surface area contributed by atoms with Crippen molar-refractivity contribution in [2.24, 2.45) is 0 Å². The van der Waals surface area contributed by atoms with E-state index in [1.807, 2.05) is 0 Å². The second-order valence-electron chi connectivity index (χ2n) is 4.01. The molecule has 18 heavy (non-hydrogen) atoms. The van der Waals surface area contributed by atoms with Crippen molar-refractivity contribution in [2.45, 2.75) is 51.4 Å². The van der Waals surface area contributed by atoms with Crippen molar-refractivity contribution in [1.29, 1.82) is 0 Å². The van der Waals surface area contributed by atoms with Crippen LogP contribution >= 0.6 is 0 Å². The first kappa shape index (κ1) is 16.4. The fourth-order valence-electron chi connectivity index (χ4n) is 1.46. The summed E-state index contributed by atoms with van der Waals surface area (Å²) in [6.07, 6.45) is 6.49. The third-order valence-corrected chi connectivity index (χ3v) is 2.40. The molecule has 0 amide bonds. The summed E-state index contributed by atoms with van der Waals surface area (Å²) in [7, 11) is 0. The Morgan fingerprint density at radius 2 is 1.44 bits per heavy atom. The number of hydrogen-bond donors (Lipinski definition) is 1. The fraction of sp³-hybridized carbons (Fsp3) is 0.615. The monoisotopic (exact) mass is 256 g/mol. The standard InChI is InChI=1S/C13H20O5/c1-2-12(16)18-13(17)10-8-6-4-3-5-7-9-11(14)15/h2H,1,3-10H2,(H,14,15). The van der Waals surface area contributed by atoms with Gasteiger partial charge in [-0.1, -0.05) is 32.3 Å². The highest BCUT2D eigenvalue weighted by Crippen LogP contribution is 2.09. The van der Waals surface area contributed by atoms with E-state index in [2.05, 4.69) is 11.3 Å². The lowest BCUT2D eigenvalue weighted by Gasteiger charge is -2.01. The summed E-state index contributed by atoms with van der Waals surface area (Å²) >= 11 is 0. The van der Waals surface area contributed by atoms with Crippen LogP contribution in [-0.4, -0.2) is 23.0 Å². The molecular formula is C13H20O5. The van der Waals surface area contributed by atoms with Crippen molar-refractivity contribution >= 4 is 17.9 Å². The molecule has 0 aromatic rings. The molecule has 5 heteroatoms. The second kappa shape index (κ2) is 10.5. The van der Waals surface area contributed by atoms with E-state index >= 15 is 0 Å². The Kier molecular flexibility index (Phi) is 9.54. The maximum atomic E-state index is 11.1. The van der Waals surface area contributed by atoms with Crippen molar-refractivity contribution in [3.8, 4) is 0 Å². The topological polar surface area (TPSA) is 80.7 Å².